The van der Waals surface area contributed by atoms with Gasteiger partial charge in [-0.2, -0.15) is 4.98 Å². The Kier molecular flexibility index (Phi) is 4.79. The van der Waals surface area contributed by atoms with E-state index in [0.717, 1.165) is 24.3 Å². The van der Waals surface area contributed by atoms with E-state index in [1.54, 1.807) is 12.1 Å². The average Bonchev–Trinajstić information content (AvgIpc) is 2.41. The fourth-order valence-corrected chi connectivity index (χ4v) is 1.94. The monoisotopic (exact) mass is 291 g/mol. The molecule has 0 saturated heterocycles. The summed E-state index contributed by atoms with van der Waals surface area (Å²) in [5, 5.41) is 3.92. The normalized spacial score (nSPS) is 10.4. The van der Waals surface area contributed by atoms with E-state index in [9.17, 15) is 0 Å². The molecule has 0 unspecified atom stereocenters. The summed E-state index contributed by atoms with van der Waals surface area (Å²) in [6, 6.07) is 7.26. The van der Waals surface area contributed by atoms with Crippen LogP contribution in [0.5, 0.6) is 11.6 Å². The number of aromatic nitrogens is 2. The highest BCUT2D eigenvalue weighted by Crippen LogP contribution is 2.28. The molecule has 2 rings (SSSR count). The Morgan fingerprint density at radius 3 is 2.75 bits per heavy atom. The smallest absolute Gasteiger partial charge is 0.227 e. The second-order valence-electron chi connectivity index (χ2n) is 4.54. The number of anilines is 1. The molecule has 1 heterocycles. The van der Waals surface area contributed by atoms with Gasteiger partial charge in [0.05, 0.1) is 5.56 Å². The van der Waals surface area contributed by atoms with Gasteiger partial charge in [-0.05, 0) is 38.5 Å². The van der Waals surface area contributed by atoms with Crippen LogP contribution in [0.25, 0.3) is 0 Å². The average molecular weight is 292 g/mol. The lowest BCUT2D eigenvalue weighted by molar-refractivity contribution is 0.456. The van der Waals surface area contributed by atoms with E-state index in [0.29, 0.717) is 22.5 Å². The number of rotatable bonds is 5. The summed E-state index contributed by atoms with van der Waals surface area (Å²) in [6.45, 7) is 6.77. The van der Waals surface area contributed by atoms with Crippen LogP contribution in [0.3, 0.4) is 0 Å². The number of hydrogen-bond acceptors (Lipinski definition) is 4. The van der Waals surface area contributed by atoms with Crippen molar-refractivity contribution in [3.05, 3.63) is 40.7 Å². The van der Waals surface area contributed by atoms with Gasteiger partial charge < -0.3 is 10.1 Å². The number of halogens is 1. The van der Waals surface area contributed by atoms with Gasteiger partial charge in [0.1, 0.15) is 17.4 Å². The molecule has 0 saturated carbocycles. The van der Waals surface area contributed by atoms with Gasteiger partial charge in [0.2, 0.25) is 5.88 Å². The summed E-state index contributed by atoms with van der Waals surface area (Å²) in [4.78, 5) is 8.75. The predicted octanol–water partition coefficient (Wildman–Crippen LogP) is 4.36. The molecule has 20 heavy (non-hydrogen) atoms. The van der Waals surface area contributed by atoms with Crippen molar-refractivity contribution in [2.45, 2.75) is 27.2 Å². The minimum Gasteiger partial charge on any atom is -0.438 e. The lowest BCUT2D eigenvalue weighted by Gasteiger charge is -2.13. The maximum Gasteiger partial charge on any atom is 0.227 e. The van der Waals surface area contributed by atoms with E-state index in [4.69, 9.17) is 16.3 Å². The molecule has 1 aromatic carbocycles. The highest BCUT2D eigenvalue weighted by Gasteiger charge is 2.11. The number of nitrogens with one attached hydrogen (secondary N) is 1. The fraction of sp³-hybridized carbons (Fsp3) is 0.333. The first-order valence-electron chi connectivity index (χ1n) is 6.62. The van der Waals surface area contributed by atoms with Gasteiger partial charge in [0.25, 0.3) is 0 Å². The molecule has 0 fully saturated rings. The van der Waals surface area contributed by atoms with Crippen LogP contribution in [-0.4, -0.2) is 16.5 Å². The molecule has 0 bridgehead atoms. The van der Waals surface area contributed by atoms with Crippen LogP contribution in [0.2, 0.25) is 5.02 Å². The molecule has 0 radical (unpaired) electrons. The number of benzene rings is 1. The van der Waals surface area contributed by atoms with Crippen molar-refractivity contribution in [3.63, 3.8) is 0 Å². The van der Waals surface area contributed by atoms with Gasteiger partial charge in [0.15, 0.2) is 0 Å². The van der Waals surface area contributed by atoms with Gasteiger partial charge >= 0.3 is 0 Å². The Hall–Kier alpha value is -1.81. The van der Waals surface area contributed by atoms with E-state index in [1.165, 1.54) is 0 Å². The Balaban J connectivity index is 2.29. The zero-order valence-corrected chi connectivity index (χ0v) is 12.7. The van der Waals surface area contributed by atoms with Gasteiger partial charge in [-0.25, -0.2) is 4.98 Å². The van der Waals surface area contributed by atoms with Crippen LogP contribution in [0, 0.1) is 13.8 Å². The highest BCUT2D eigenvalue weighted by molar-refractivity contribution is 6.30. The largest absolute Gasteiger partial charge is 0.438 e. The Morgan fingerprint density at radius 2 is 2.05 bits per heavy atom. The van der Waals surface area contributed by atoms with Crippen LogP contribution in [0.15, 0.2) is 24.3 Å². The summed E-state index contributed by atoms with van der Waals surface area (Å²) < 4.78 is 5.82. The van der Waals surface area contributed by atoms with Crippen molar-refractivity contribution in [1.29, 1.82) is 0 Å². The Bertz CT molecular complexity index is 602. The van der Waals surface area contributed by atoms with Crippen molar-refractivity contribution >= 4 is 17.4 Å². The molecule has 0 amide bonds. The molecule has 0 aliphatic heterocycles. The van der Waals surface area contributed by atoms with Crippen molar-refractivity contribution < 1.29 is 4.74 Å². The van der Waals surface area contributed by atoms with E-state index >= 15 is 0 Å². The van der Waals surface area contributed by atoms with E-state index in [2.05, 4.69) is 22.2 Å². The summed E-state index contributed by atoms with van der Waals surface area (Å²) in [7, 11) is 0. The molecule has 5 heteroatoms. The van der Waals surface area contributed by atoms with Crippen LogP contribution >= 0.6 is 11.6 Å². The summed E-state index contributed by atoms with van der Waals surface area (Å²) in [6.07, 6.45) is 1.03. The molecular formula is C15H18ClN3O. The first kappa shape index (κ1) is 14.6. The van der Waals surface area contributed by atoms with Crippen molar-refractivity contribution in [1.82, 2.24) is 9.97 Å². The second-order valence-corrected chi connectivity index (χ2v) is 4.97. The van der Waals surface area contributed by atoms with Gasteiger partial charge in [-0.3, -0.25) is 0 Å². The molecule has 1 aromatic heterocycles. The molecule has 2 aromatic rings. The number of nitrogens with zero attached hydrogens (tertiary/aromatic N) is 2. The molecule has 0 atom stereocenters. The third-order valence-electron chi connectivity index (χ3n) is 2.77. The van der Waals surface area contributed by atoms with Gasteiger partial charge in [0, 0.05) is 11.6 Å². The Morgan fingerprint density at radius 1 is 1.25 bits per heavy atom. The van der Waals surface area contributed by atoms with Crippen molar-refractivity contribution in [2.75, 3.05) is 11.9 Å². The zero-order valence-electron chi connectivity index (χ0n) is 11.9. The zero-order chi connectivity index (χ0) is 14.5. The molecule has 4 nitrogen and oxygen atoms in total. The topological polar surface area (TPSA) is 47.0 Å². The third-order valence-corrected chi connectivity index (χ3v) is 3.00. The highest BCUT2D eigenvalue weighted by atomic mass is 35.5. The number of hydrogen-bond donors (Lipinski definition) is 1. The van der Waals surface area contributed by atoms with Gasteiger partial charge in [-0.15, -0.1) is 0 Å². The SMILES string of the molecule is CCCNc1nc(C)nc(Oc2cccc(Cl)c2)c1C. The maximum atomic E-state index is 5.96. The van der Waals surface area contributed by atoms with Crippen LogP contribution in [-0.2, 0) is 0 Å². The lowest BCUT2D eigenvalue weighted by atomic mass is 10.3. The van der Waals surface area contributed by atoms with Crippen LogP contribution in [0.1, 0.15) is 24.7 Å². The second kappa shape index (κ2) is 6.57. The third kappa shape index (κ3) is 3.61. The fourth-order valence-electron chi connectivity index (χ4n) is 1.76. The molecule has 0 aliphatic carbocycles. The van der Waals surface area contributed by atoms with Crippen molar-refractivity contribution in [3.8, 4) is 11.6 Å². The number of aryl methyl sites for hydroxylation is 1. The Labute approximate surface area is 124 Å². The molecule has 1 N–H and O–H groups in total. The quantitative estimate of drug-likeness (QED) is 0.889. The molecular weight excluding hydrogens is 274 g/mol. The lowest BCUT2D eigenvalue weighted by Crippen LogP contribution is -2.07. The predicted molar refractivity (Wildman–Crippen MR) is 81.8 cm³/mol. The van der Waals surface area contributed by atoms with Gasteiger partial charge in [-0.1, -0.05) is 24.6 Å². The summed E-state index contributed by atoms with van der Waals surface area (Å²) >= 11 is 5.96. The number of ether oxygens (including phenoxy) is 1. The van der Waals surface area contributed by atoms with E-state index in [1.807, 2.05) is 26.0 Å². The molecule has 0 spiro atoms. The van der Waals surface area contributed by atoms with E-state index < -0.39 is 0 Å². The maximum absolute atomic E-state index is 5.96. The van der Waals surface area contributed by atoms with E-state index in [-0.39, 0.29) is 0 Å². The first-order chi connectivity index (χ1) is 9.60. The minimum atomic E-state index is 0.554. The van der Waals surface area contributed by atoms with Crippen LogP contribution < -0.4 is 10.1 Å². The van der Waals surface area contributed by atoms with Crippen LogP contribution in [0.4, 0.5) is 5.82 Å². The summed E-state index contributed by atoms with van der Waals surface area (Å²) in [5.74, 6) is 2.71. The minimum absolute atomic E-state index is 0.554. The van der Waals surface area contributed by atoms with Crippen molar-refractivity contribution in [2.24, 2.45) is 0 Å². The molecule has 106 valence electrons. The standard InChI is InChI=1S/C15H18ClN3O/c1-4-8-17-14-10(2)15(19-11(3)18-14)20-13-7-5-6-12(16)9-13/h5-7,9H,4,8H2,1-3H3,(H,17,18,19). The molecule has 0 aliphatic rings. The summed E-state index contributed by atoms with van der Waals surface area (Å²) in [5.41, 5.74) is 0.893. The first-order valence-corrected chi connectivity index (χ1v) is 7.00.